The van der Waals surface area contributed by atoms with Gasteiger partial charge in [0.2, 0.25) is 0 Å². The third kappa shape index (κ3) is 2.78. The van der Waals surface area contributed by atoms with Gasteiger partial charge in [0.1, 0.15) is 11.3 Å². The number of esters is 1. The van der Waals surface area contributed by atoms with Crippen LogP contribution in [0.5, 0.6) is 5.75 Å². The Morgan fingerprint density at radius 1 is 1.29 bits per heavy atom. The lowest BCUT2D eigenvalue weighted by molar-refractivity contribution is -0.133. The van der Waals surface area contributed by atoms with E-state index in [2.05, 4.69) is 4.74 Å². The Kier molecular flexibility index (Phi) is 4.15. The number of methoxy groups -OCH3 is 2. The van der Waals surface area contributed by atoms with Crippen LogP contribution in [0.2, 0.25) is 0 Å². The summed E-state index contributed by atoms with van der Waals surface area (Å²) < 4.78 is 9.56. The molecule has 0 amide bonds. The molecule has 0 saturated carbocycles. The molecule has 1 aromatic carbocycles. The summed E-state index contributed by atoms with van der Waals surface area (Å²) in [5, 5.41) is 9.57. The third-order valence-corrected chi connectivity index (χ3v) is 2.58. The van der Waals surface area contributed by atoms with Crippen LogP contribution >= 0.6 is 0 Å². The Balaban J connectivity index is 3.38. The highest BCUT2D eigenvalue weighted by Gasteiger charge is 2.17. The topological polar surface area (TPSA) is 55.8 Å². The van der Waals surface area contributed by atoms with Gasteiger partial charge in [-0.25, -0.2) is 4.79 Å². The summed E-state index contributed by atoms with van der Waals surface area (Å²) in [4.78, 5) is 11.6. The second-order valence-corrected chi connectivity index (χ2v) is 3.69. The molecule has 0 heterocycles. The monoisotopic (exact) mass is 236 g/mol. The molecule has 0 aliphatic heterocycles. The minimum Gasteiger partial charge on any atom is -0.508 e. The Bertz CT molecular complexity index is 461. The zero-order valence-electron chi connectivity index (χ0n) is 10.4. The fourth-order valence-electron chi connectivity index (χ4n) is 1.57. The molecule has 1 rings (SSSR count). The van der Waals surface area contributed by atoms with Crippen molar-refractivity contribution in [1.29, 1.82) is 0 Å². The van der Waals surface area contributed by atoms with E-state index in [1.165, 1.54) is 26.5 Å². The van der Waals surface area contributed by atoms with Gasteiger partial charge in [-0.3, -0.25) is 0 Å². The summed E-state index contributed by atoms with van der Waals surface area (Å²) in [6.07, 6.45) is 1.31. The predicted molar refractivity (Wildman–Crippen MR) is 64.6 cm³/mol. The van der Waals surface area contributed by atoms with Crippen LogP contribution in [0.15, 0.2) is 18.4 Å². The van der Waals surface area contributed by atoms with E-state index in [9.17, 15) is 9.90 Å². The molecule has 0 saturated heterocycles. The average molecular weight is 236 g/mol. The largest absolute Gasteiger partial charge is 0.508 e. The molecule has 0 radical (unpaired) electrons. The molecule has 0 unspecified atom stereocenters. The van der Waals surface area contributed by atoms with Crippen molar-refractivity contribution in [3.63, 3.8) is 0 Å². The van der Waals surface area contributed by atoms with Crippen LogP contribution in [0, 0.1) is 13.8 Å². The summed E-state index contributed by atoms with van der Waals surface area (Å²) >= 11 is 0. The van der Waals surface area contributed by atoms with Crippen LogP contribution in [0.4, 0.5) is 0 Å². The molecule has 0 aliphatic carbocycles. The first-order chi connectivity index (χ1) is 8.01. The van der Waals surface area contributed by atoms with Crippen molar-refractivity contribution < 1.29 is 19.4 Å². The normalized spacial score (nSPS) is 11.2. The number of aryl methyl sites for hydroxylation is 1. The number of aromatic hydroxyl groups is 1. The van der Waals surface area contributed by atoms with Crippen molar-refractivity contribution in [2.24, 2.45) is 0 Å². The van der Waals surface area contributed by atoms with Gasteiger partial charge >= 0.3 is 5.97 Å². The maximum absolute atomic E-state index is 11.6. The van der Waals surface area contributed by atoms with Crippen LogP contribution < -0.4 is 0 Å². The smallest absolute Gasteiger partial charge is 0.341 e. The zero-order chi connectivity index (χ0) is 13.0. The summed E-state index contributed by atoms with van der Waals surface area (Å²) in [5.74, 6) is -0.394. The van der Waals surface area contributed by atoms with Gasteiger partial charge in [-0.2, -0.15) is 0 Å². The number of phenols is 1. The van der Waals surface area contributed by atoms with Gasteiger partial charge in [0.25, 0.3) is 0 Å². The quantitative estimate of drug-likeness (QED) is 0.496. The first-order valence-electron chi connectivity index (χ1n) is 5.13. The van der Waals surface area contributed by atoms with Crippen LogP contribution in [-0.2, 0) is 14.3 Å². The van der Waals surface area contributed by atoms with Crippen molar-refractivity contribution in [1.82, 2.24) is 0 Å². The second-order valence-electron chi connectivity index (χ2n) is 3.69. The highest BCUT2D eigenvalue weighted by atomic mass is 16.5. The van der Waals surface area contributed by atoms with E-state index in [0.717, 1.165) is 11.1 Å². The van der Waals surface area contributed by atoms with Crippen LogP contribution in [0.3, 0.4) is 0 Å². The van der Waals surface area contributed by atoms with Crippen molar-refractivity contribution in [2.45, 2.75) is 13.8 Å². The highest BCUT2D eigenvalue weighted by Crippen LogP contribution is 2.27. The first kappa shape index (κ1) is 13.1. The second kappa shape index (κ2) is 5.39. The fraction of sp³-hybridized carbons (Fsp3) is 0.308. The Labute approximate surface area is 100 Å². The van der Waals surface area contributed by atoms with Crippen LogP contribution in [-0.4, -0.2) is 25.3 Å². The van der Waals surface area contributed by atoms with Gasteiger partial charge in [0, 0.05) is 0 Å². The molecule has 0 atom stereocenters. The standard InChI is InChI=1S/C13H16O4/c1-8-5-10(14)6-11(9(8)2)12(7-16-3)13(15)17-4/h5-7,14H,1-4H3/b12-7+. The highest BCUT2D eigenvalue weighted by molar-refractivity contribution is 6.16. The Hall–Kier alpha value is -1.97. The van der Waals surface area contributed by atoms with Crippen LogP contribution in [0.1, 0.15) is 16.7 Å². The minimum atomic E-state index is -0.500. The first-order valence-corrected chi connectivity index (χ1v) is 5.13. The molecule has 1 N–H and O–H groups in total. The lowest BCUT2D eigenvalue weighted by Gasteiger charge is -2.11. The van der Waals surface area contributed by atoms with Gasteiger partial charge in [0.15, 0.2) is 0 Å². The molecule has 4 nitrogen and oxygen atoms in total. The molecular formula is C13H16O4. The Morgan fingerprint density at radius 2 is 1.94 bits per heavy atom. The number of ether oxygens (including phenoxy) is 2. The summed E-state index contributed by atoms with van der Waals surface area (Å²) in [5.41, 5.74) is 2.69. The maximum atomic E-state index is 11.6. The Morgan fingerprint density at radius 3 is 2.47 bits per heavy atom. The lowest BCUT2D eigenvalue weighted by Crippen LogP contribution is -2.06. The zero-order valence-corrected chi connectivity index (χ0v) is 10.4. The molecule has 0 aromatic heterocycles. The van der Waals surface area contributed by atoms with E-state index < -0.39 is 5.97 Å². The third-order valence-electron chi connectivity index (χ3n) is 2.58. The lowest BCUT2D eigenvalue weighted by atomic mass is 9.97. The number of phenolic OH excluding ortho intramolecular Hbond substituents is 1. The fourth-order valence-corrected chi connectivity index (χ4v) is 1.57. The number of carbonyl (C=O) groups is 1. The van der Waals surface area contributed by atoms with E-state index in [1.54, 1.807) is 6.07 Å². The summed E-state index contributed by atoms with van der Waals surface area (Å²) in [7, 11) is 2.75. The van der Waals surface area contributed by atoms with Crippen molar-refractivity contribution in [2.75, 3.05) is 14.2 Å². The van der Waals surface area contributed by atoms with Gasteiger partial charge < -0.3 is 14.6 Å². The molecule has 92 valence electrons. The SMILES string of the molecule is CO/C=C(/C(=O)OC)c1cc(O)cc(C)c1C. The van der Waals surface area contributed by atoms with E-state index in [0.29, 0.717) is 5.56 Å². The van der Waals surface area contributed by atoms with Gasteiger partial charge in [0.05, 0.1) is 20.5 Å². The van der Waals surface area contributed by atoms with Crippen LogP contribution in [0.25, 0.3) is 5.57 Å². The van der Waals surface area contributed by atoms with E-state index >= 15 is 0 Å². The molecule has 4 heteroatoms. The molecule has 17 heavy (non-hydrogen) atoms. The maximum Gasteiger partial charge on any atom is 0.341 e. The average Bonchev–Trinajstić information content (AvgIpc) is 2.30. The minimum absolute atomic E-state index is 0.106. The molecule has 0 fully saturated rings. The van der Waals surface area contributed by atoms with E-state index in [4.69, 9.17) is 4.74 Å². The van der Waals surface area contributed by atoms with Gasteiger partial charge in [-0.05, 0) is 42.7 Å². The number of rotatable bonds is 3. The molecule has 1 aromatic rings. The predicted octanol–water partition coefficient (Wildman–Crippen LogP) is 2.17. The van der Waals surface area contributed by atoms with Crippen molar-refractivity contribution in [3.8, 4) is 5.75 Å². The molecule has 0 spiro atoms. The van der Waals surface area contributed by atoms with E-state index in [-0.39, 0.29) is 11.3 Å². The number of hydrogen-bond donors (Lipinski definition) is 1. The molecule has 0 aliphatic rings. The van der Waals surface area contributed by atoms with Gasteiger partial charge in [-0.15, -0.1) is 0 Å². The number of benzene rings is 1. The van der Waals surface area contributed by atoms with E-state index in [1.807, 2.05) is 13.8 Å². The molecule has 0 bridgehead atoms. The number of carbonyl (C=O) groups excluding carboxylic acids is 1. The number of hydrogen-bond acceptors (Lipinski definition) is 4. The van der Waals surface area contributed by atoms with Crippen molar-refractivity contribution >= 4 is 11.5 Å². The van der Waals surface area contributed by atoms with Crippen molar-refractivity contribution in [3.05, 3.63) is 35.1 Å². The molecular weight excluding hydrogens is 220 g/mol. The van der Waals surface area contributed by atoms with Gasteiger partial charge in [-0.1, -0.05) is 0 Å². The summed E-state index contributed by atoms with van der Waals surface area (Å²) in [6.45, 7) is 3.73. The summed E-state index contributed by atoms with van der Waals surface area (Å²) in [6, 6.07) is 3.16.